The predicted molar refractivity (Wildman–Crippen MR) is 65.6 cm³/mol. The number of anilines is 1. The molecule has 17 heavy (non-hydrogen) atoms. The van der Waals surface area contributed by atoms with Gasteiger partial charge in [-0.2, -0.15) is 4.39 Å². The molecule has 88 valence electrons. The number of benzene rings is 1. The van der Waals surface area contributed by atoms with Crippen molar-refractivity contribution in [2.45, 2.75) is 6.54 Å². The molecule has 0 amide bonds. The Kier molecular flexibility index (Phi) is 3.68. The molecule has 0 aliphatic rings. The first-order valence-corrected chi connectivity index (χ1v) is 5.74. The molecule has 0 saturated heterocycles. The summed E-state index contributed by atoms with van der Waals surface area (Å²) in [6.45, 7) is 0.520. The Labute approximate surface area is 106 Å². The number of aromatic nitrogens is 1. The first kappa shape index (κ1) is 12.0. The molecule has 0 aliphatic carbocycles. The summed E-state index contributed by atoms with van der Waals surface area (Å²) in [5.74, 6) is -0.808. The lowest BCUT2D eigenvalue weighted by molar-refractivity contribution is 0.584. The van der Waals surface area contributed by atoms with Gasteiger partial charge in [0.15, 0.2) is 0 Å². The zero-order valence-corrected chi connectivity index (χ0v) is 10.3. The van der Waals surface area contributed by atoms with Crippen LogP contribution in [0.25, 0.3) is 0 Å². The number of nitrogens with one attached hydrogen (secondary N) is 1. The summed E-state index contributed by atoms with van der Waals surface area (Å²) < 4.78 is 26.0. The minimum Gasteiger partial charge on any atom is -0.380 e. The molecule has 0 fully saturated rings. The smallest absolute Gasteiger partial charge is 0.212 e. The summed E-state index contributed by atoms with van der Waals surface area (Å²) in [4.78, 5) is 3.52. The fourth-order valence-electron chi connectivity index (χ4n) is 1.33. The van der Waals surface area contributed by atoms with E-state index in [9.17, 15) is 8.78 Å². The van der Waals surface area contributed by atoms with Gasteiger partial charge in [0.05, 0.1) is 16.4 Å². The molecule has 2 rings (SSSR count). The minimum atomic E-state index is -0.514. The van der Waals surface area contributed by atoms with Crippen molar-refractivity contribution in [1.29, 1.82) is 0 Å². The van der Waals surface area contributed by atoms with Crippen molar-refractivity contribution in [3.63, 3.8) is 0 Å². The number of nitrogens with zero attached hydrogens (tertiary/aromatic N) is 1. The zero-order chi connectivity index (χ0) is 12.3. The molecule has 5 heteroatoms. The van der Waals surface area contributed by atoms with Crippen molar-refractivity contribution < 1.29 is 8.78 Å². The van der Waals surface area contributed by atoms with Gasteiger partial charge in [-0.15, -0.1) is 0 Å². The standard InChI is InChI=1S/C12H9BrF2N2/c13-10-5-8(1-3-11(10)14)6-16-9-2-4-12(15)17-7-9/h1-5,7,16H,6H2. The van der Waals surface area contributed by atoms with Gasteiger partial charge in [0.25, 0.3) is 0 Å². The van der Waals surface area contributed by atoms with Gasteiger partial charge in [-0.25, -0.2) is 9.37 Å². The average molecular weight is 299 g/mol. The van der Waals surface area contributed by atoms with Gasteiger partial charge in [-0.3, -0.25) is 0 Å². The maximum atomic E-state index is 13.0. The first-order chi connectivity index (χ1) is 8.15. The van der Waals surface area contributed by atoms with Crippen LogP contribution in [-0.4, -0.2) is 4.98 Å². The number of hydrogen-bond donors (Lipinski definition) is 1. The average Bonchev–Trinajstić information content (AvgIpc) is 2.33. The molecule has 0 saturated carbocycles. The van der Waals surface area contributed by atoms with E-state index in [2.05, 4.69) is 26.2 Å². The van der Waals surface area contributed by atoms with E-state index in [-0.39, 0.29) is 5.82 Å². The summed E-state index contributed by atoms with van der Waals surface area (Å²) in [5, 5.41) is 3.06. The number of hydrogen-bond acceptors (Lipinski definition) is 2. The fraction of sp³-hybridized carbons (Fsp3) is 0.0833. The second-order valence-corrected chi connectivity index (χ2v) is 4.33. The highest BCUT2D eigenvalue weighted by Crippen LogP contribution is 2.17. The first-order valence-electron chi connectivity index (χ1n) is 4.94. The van der Waals surface area contributed by atoms with E-state index in [0.29, 0.717) is 16.7 Å². The second kappa shape index (κ2) is 5.23. The highest BCUT2D eigenvalue weighted by molar-refractivity contribution is 9.10. The van der Waals surface area contributed by atoms with Crippen LogP contribution >= 0.6 is 15.9 Å². The quantitative estimate of drug-likeness (QED) is 0.873. The van der Waals surface area contributed by atoms with Crippen molar-refractivity contribution in [3.05, 3.63) is 58.3 Å². The van der Waals surface area contributed by atoms with Crippen LogP contribution in [-0.2, 0) is 6.54 Å². The predicted octanol–water partition coefficient (Wildman–Crippen LogP) is 3.73. The maximum absolute atomic E-state index is 13.0. The molecule has 0 bridgehead atoms. The molecule has 0 atom stereocenters. The number of halogens is 3. The van der Waals surface area contributed by atoms with Crippen molar-refractivity contribution in [2.24, 2.45) is 0 Å². The van der Waals surface area contributed by atoms with Gasteiger partial charge in [0.2, 0.25) is 5.95 Å². The highest BCUT2D eigenvalue weighted by Gasteiger charge is 2.00. The van der Waals surface area contributed by atoms with E-state index >= 15 is 0 Å². The Bertz CT molecular complexity index is 514. The third-order valence-electron chi connectivity index (χ3n) is 2.21. The lowest BCUT2D eigenvalue weighted by Gasteiger charge is -2.06. The van der Waals surface area contributed by atoms with Crippen LogP contribution < -0.4 is 5.32 Å². The molecule has 2 aromatic rings. The Morgan fingerprint density at radius 1 is 1.18 bits per heavy atom. The monoisotopic (exact) mass is 298 g/mol. The minimum absolute atomic E-state index is 0.294. The molecular weight excluding hydrogens is 290 g/mol. The third-order valence-corrected chi connectivity index (χ3v) is 2.82. The van der Waals surface area contributed by atoms with E-state index < -0.39 is 5.95 Å². The third kappa shape index (κ3) is 3.23. The van der Waals surface area contributed by atoms with Crippen LogP contribution in [0.5, 0.6) is 0 Å². The van der Waals surface area contributed by atoms with Gasteiger partial charge < -0.3 is 5.32 Å². The molecule has 2 nitrogen and oxygen atoms in total. The van der Waals surface area contributed by atoms with Gasteiger partial charge in [0, 0.05) is 6.54 Å². The SMILES string of the molecule is Fc1ccc(NCc2ccc(F)c(Br)c2)cn1. The van der Waals surface area contributed by atoms with Crippen LogP contribution in [0.1, 0.15) is 5.56 Å². The van der Waals surface area contributed by atoms with E-state index in [1.165, 1.54) is 18.3 Å². The maximum Gasteiger partial charge on any atom is 0.212 e. The summed E-state index contributed by atoms with van der Waals surface area (Å²) in [6, 6.07) is 7.65. The Morgan fingerprint density at radius 2 is 2.00 bits per heavy atom. The Hall–Kier alpha value is -1.49. The summed E-state index contributed by atoms with van der Waals surface area (Å²) >= 11 is 3.12. The molecule has 0 spiro atoms. The Morgan fingerprint density at radius 3 is 2.65 bits per heavy atom. The Balaban J connectivity index is 2.02. The highest BCUT2D eigenvalue weighted by atomic mass is 79.9. The van der Waals surface area contributed by atoms with E-state index in [0.717, 1.165) is 5.56 Å². The molecule has 1 N–H and O–H groups in total. The molecule has 1 aromatic heterocycles. The van der Waals surface area contributed by atoms with Crippen LogP contribution in [0.4, 0.5) is 14.5 Å². The van der Waals surface area contributed by atoms with Crippen molar-refractivity contribution in [3.8, 4) is 0 Å². The second-order valence-electron chi connectivity index (χ2n) is 3.47. The van der Waals surface area contributed by atoms with Crippen LogP contribution in [0.3, 0.4) is 0 Å². The van der Waals surface area contributed by atoms with E-state index in [1.54, 1.807) is 18.2 Å². The normalized spacial score (nSPS) is 10.3. The molecule has 0 aliphatic heterocycles. The summed E-state index contributed by atoms with van der Waals surface area (Å²) in [6.07, 6.45) is 1.41. The molecule has 1 heterocycles. The van der Waals surface area contributed by atoms with Crippen molar-refractivity contribution in [1.82, 2.24) is 4.98 Å². The van der Waals surface area contributed by atoms with Gasteiger partial charge in [-0.05, 0) is 45.8 Å². The van der Waals surface area contributed by atoms with Crippen molar-refractivity contribution >= 4 is 21.6 Å². The van der Waals surface area contributed by atoms with E-state index in [1.807, 2.05) is 0 Å². The summed E-state index contributed by atoms with van der Waals surface area (Å²) in [5.41, 5.74) is 1.63. The van der Waals surface area contributed by atoms with Gasteiger partial charge in [-0.1, -0.05) is 6.07 Å². The lowest BCUT2D eigenvalue weighted by Crippen LogP contribution is -2.00. The van der Waals surface area contributed by atoms with Crippen LogP contribution in [0.15, 0.2) is 41.0 Å². The fourth-order valence-corrected chi connectivity index (χ4v) is 1.76. The largest absolute Gasteiger partial charge is 0.380 e. The van der Waals surface area contributed by atoms with E-state index in [4.69, 9.17) is 0 Å². The molecular formula is C12H9BrF2N2. The number of rotatable bonds is 3. The summed E-state index contributed by atoms with van der Waals surface area (Å²) in [7, 11) is 0. The zero-order valence-electron chi connectivity index (χ0n) is 8.75. The van der Waals surface area contributed by atoms with Gasteiger partial charge in [0.1, 0.15) is 5.82 Å². The van der Waals surface area contributed by atoms with Crippen LogP contribution in [0.2, 0.25) is 0 Å². The lowest BCUT2D eigenvalue weighted by atomic mass is 10.2. The van der Waals surface area contributed by atoms with Crippen LogP contribution in [0, 0.1) is 11.8 Å². The van der Waals surface area contributed by atoms with Crippen molar-refractivity contribution in [2.75, 3.05) is 5.32 Å². The van der Waals surface area contributed by atoms with Gasteiger partial charge >= 0.3 is 0 Å². The molecule has 1 aromatic carbocycles. The molecule has 0 unspecified atom stereocenters. The topological polar surface area (TPSA) is 24.9 Å². The number of pyridine rings is 1. The molecule has 0 radical (unpaired) electrons.